The third-order valence-corrected chi connectivity index (χ3v) is 8.45. The summed E-state index contributed by atoms with van der Waals surface area (Å²) in [6, 6.07) is 18.4. The number of amides is 2. The molecular weight excluding hydrogens is 514 g/mol. The average molecular weight is 542 g/mol. The van der Waals surface area contributed by atoms with E-state index in [4.69, 9.17) is 11.6 Å². The Morgan fingerprint density at radius 2 is 1.76 bits per heavy atom. The molecule has 1 saturated heterocycles. The number of carbonyl (C=O) groups is 2. The van der Waals surface area contributed by atoms with E-state index in [1.54, 1.807) is 61.5 Å². The van der Waals surface area contributed by atoms with Crippen molar-refractivity contribution >= 4 is 44.8 Å². The lowest BCUT2D eigenvalue weighted by Gasteiger charge is -2.23. The lowest BCUT2D eigenvalue weighted by Crippen LogP contribution is -2.37. The third-order valence-electron chi connectivity index (χ3n) is 6.23. The molecule has 194 valence electrons. The maximum absolute atomic E-state index is 13.6. The van der Waals surface area contributed by atoms with E-state index in [1.165, 1.54) is 17.0 Å². The molecule has 0 aromatic heterocycles. The van der Waals surface area contributed by atoms with Crippen LogP contribution in [0, 0.1) is 13.8 Å². The fourth-order valence-corrected chi connectivity index (χ4v) is 5.66. The summed E-state index contributed by atoms with van der Waals surface area (Å²) in [5.74, 6) is -0.675. The first-order chi connectivity index (χ1) is 17.5. The van der Waals surface area contributed by atoms with E-state index in [0.29, 0.717) is 27.5 Å². The summed E-state index contributed by atoms with van der Waals surface area (Å²) < 4.78 is 28.2. The van der Waals surface area contributed by atoms with Crippen LogP contribution in [0.2, 0.25) is 5.02 Å². The smallest absolute Gasteiger partial charge is 0.243 e. The van der Waals surface area contributed by atoms with Crippen molar-refractivity contribution in [3.63, 3.8) is 0 Å². The quantitative estimate of drug-likeness (QED) is 0.450. The predicted octanol–water partition coefficient (Wildman–Crippen LogP) is 3.88. The largest absolute Gasteiger partial charge is 0.391 e. The van der Waals surface area contributed by atoms with Crippen molar-refractivity contribution in [1.29, 1.82) is 0 Å². The van der Waals surface area contributed by atoms with E-state index in [2.05, 4.69) is 5.32 Å². The Kier molecular flexibility index (Phi) is 7.99. The van der Waals surface area contributed by atoms with Gasteiger partial charge >= 0.3 is 0 Å². The molecule has 37 heavy (non-hydrogen) atoms. The Morgan fingerprint density at radius 1 is 1.08 bits per heavy atom. The van der Waals surface area contributed by atoms with E-state index >= 15 is 0 Å². The number of rotatable bonds is 8. The Labute approximate surface area is 221 Å². The molecule has 1 aliphatic heterocycles. The number of halogens is 1. The van der Waals surface area contributed by atoms with Crippen LogP contribution in [-0.4, -0.2) is 48.8 Å². The predicted molar refractivity (Wildman–Crippen MR) is 143 cm³/mol. The van der Waals surface area contributed by atoms with Crippen LogP contribution in [0.25, 0.3) is 0 Å². The number of nitrogens with zero attached hydrogens (tertiary/aromatic N) is 2. The highest BCUT2D eigenvalue weighted by molar-refractivity contribution is 7.89. The molecule has 8 nitrogen and oxygen atoms in total. The summed E-state index contributed by atoms with van der Waals surface area (Å²) in [4.78, 5) is 26.7. The summed E-state index contributed by atoms with van der Waals surface area (Å²) >= 11 is 6.16. The molecule has 1 heterocycles. The van der Waals surface area contributed by atoms with Crippen molar-refractivity contribution in [2.75, 3.05) is 23.3 Å². The van der Waals surface area contributed by atoms with Gasteiger partial charge in [0.2, 0.25) is 21.8 Å². The van der Waals surface area contributed by atoms with Gasteiger partial charge in [-0.1, -0.05) is 47.5 Å². The summed E-state index contributed by atoms with van der Waals surface area (Å²) in [6.45, 7) is 3.37. The highest BCUT2D eigenvalue weighted by Crippen LogP contribution is 2.25. The van der Waals surface area contributed by atoms with Gasteiger partial charge in [-0.2, -0.15) is 4.31 Å². The number of aryl methyl sites for hydroxylation is 1. The molecule has 1 fully saturated rings. The number of anilines is 2. The van der Waals surface area contributed by atoms with E-state index in [1.807, 2.05) is 6.92 Å². The molecule has 2 amide bonds. The van der Waals surface area contributed by atoms with Gasteiger partial charge in [-0.3, -0.25) is 9.59 Å². The van der Waals surface area contributed by atoms with Gasteiger partial charge < -0.3 is 15.3 Å². The molecular formula is C27H28ClN3O5S. The zero-order chi connectivity index (χ0) is 26.7. The first-order valence-electron chi connectivity index (χ1n) is 11.7. The van der Waals surface area contributed by atoms with Crippen molar-refractivity contribution in [2.24, 2.45) is 0 Å². The van der Waals surface area contributed by atoms with Gasteiger partial charge in [0.15, 0.2) is 0 Å². The second kappa shape index (κ2) is 11.0. The standard InChI is InChI=1S/C27H28ClN3O5S/c1-18-6-12-23(13-7-18)37(35,36)30(17-26(33)29-25-5-3-4-24(28)19(25)2)15-20-8-10-21(11-9-20)31-16-22(32)14-27(31)34/h3-13,22,32H,14-17H2,1-2H3,(H,29,33). The highest BCUT2D eigenvalue weighted by atomic mass is 35.5. The first kappa shape index (κ1) is 26.8. The molecule has 2 N–H and O–H groups in total. The number of sulfonamides is 1. The first-order valence-corrected chi connectivity index (χ1v) is 13.6. The zero-order valence-electron chi connectivity index (χ0n) is 20.5. The van der Waals surface area contributed by atoms with Gasteiger partial charge in [0.25, 0.3) is 0 Å². The second-order valence-electron chi connectivity index (χ2n) is 9.08. The molecule has 0 bridgehead atoms. The van der Waals surface area contributed by atoms with Gasteiger partial charge in [0, 0.05) is 22.9 Å². The fourth-order valence-electron chi connectivity index (χ4n) is 4.10. The monoisotopic (exact) mass is 541 g/mol. The van der Waals surface area contributed by atoms with E-state index in [-0.39, 0.29) is 30.3 Å². The van der Waals surface area contributed by atoms with Crippen molar-refractivity contribution in [2.45, 2.75) is 37.8 Å². The molecule has 1 unspecified atom stereocenters. The van der Waals surface area contributed by atoms with E-state index in [0.717, 1.165) is 9.87 Å². The van der Waals surface area contributed by atoms with Crippen LogP contribution in [-0.2, 0) is 26.2 Å². The Balaban J connectivity index is 1.58. The molecule has 1 atom stereocenters. The van der Waals surface area contributed by atoms with Crippen LogP contribution in [0.1, 0.15) is 23.1 Å². The van der Waals surface area contributed by atoms with E-state index < -0.39 is 28.6 Å². The number of aliphatic hydroxyl groups is 1. The Hall–Kier alpha value is -3.24. The zero-order valence-corrected chi connectivity index (χ0v) is 22.1. The van der Waals surface area contributed by atoms with Crippen LogP contribution < -0.4 is 10.2 Å². The third kappa shape index (κ3) is 6.19. The summed E-state index contributed by atoms with van der Waals surface area (Å²) in [7, 11) is -4.01. The van der Waals surface area contributed by atoms with Crippen LogP contribution in [0.15, 0.2) is 71.6 Å². The number of hydrogen-bond donors (Lipinski definition) is 2. The number of benzene rings is 3. The number of aliphatic hydroxyl groups excluding tert-OH is 1. The SMILES string of the molecule is Cc1ccc(S(=O)(=O)N(CC(=O)Nc2cccc(Cl)c2C)Cc2ccc(N3CC(O)CC3=O)cc2)cc1. The molecule has 0 aliphatic carbocycles. The molecule has 1 aliphatic rings. The van der Waals surface area contributed by atoms with Gasteiger partial charge in [0.05, 0.1) is 30.5 Å². The lowest BCUT2D eigenvalue weighted by atomic mass is 10.2. The normalized spacial score (nSPS) is 15.9. The van der Waals surface area contributed by atoms with Crippen LogP contribution >= 0.6 is 11.6 Å². The van der Waals surface area contributed by atoms with Gasteiger partial charge in [-0.25, -0.2) is 8.42 Å². The highest BCUT2D eigenvalue weighted by Gasteiger charge is 2.30. The minimum atomic E-state index is -4.01. The van der Waals surface area contributed by atoms with Crippen LogP contribution in [0.5, 0.6) is 0 Å². The molecule has 0 saturated carbocycles. The summed E-state index contributed by atoms with van der Waals surface area (Å²) in [6.07, 6.45) is -0.630. The number of nitrogens with one attached hydrogen (secondary N) is 1. The molecule has 0 radical (unpaired) electrons. The van der Waals surface area contributed by atoms with Crippen LogP contribution in [0.4, 0.5) is 11.4 Å². The molecule has 3 aromatic rings. The molecule has 0 spiro atoms. The molecule has 10 heteroatoms. The van der Waals surface area contributed by atoms with Crippen molar-refractivity contribution in [3.8, 4) is 0 Å². The average Bonchev–Trinajstić information content (AvgIpc) is 3.20. The second-order valence-corrected chi connectivity index (χ2v) is 11.4. The van der Waals surface area contributed by atoms with Crippen molar-refractivity contribution < 1.29 is 23.1 Å². The Bertz CT molecular complexity index is 1410. The topological polar surface area (TPSA) is 107 Å². The molecule has 4 rings (SSSR count). The van der Waals surface area contributed by atoms with Gasteiger partial charge in [-0.05, 0) is 61.4 Å². The number of carbonyl (C=O) groups excluding carboxylic acids is 2. The van der Waals surface area contributed by atoms with Gasteiger partial charge in [-0.15, -0.1) is 0 Å². The van der Waals surface area contributed by atoms with Crippen molar-refractivity contribution in [1.82, 2.24) is 4.31 Å². The minimum Gasteiger partial charge on any atom is -0.391 e. The number of β-amino-alcohol motifs (C(OH)–C–C–N with tert-alkyl or cyclic N) is 1. The Morgan fingerprint density at radius 3 is 2.38 bits per heavy atom. The number of hydrogen-bond acceptors (Lipinski definition) is 5. The summed E-state index contributed by atoms with van der Waals surface area (Å²) in [5.41, 5.74) is 3.36. The van der Waals surface area contributed by atoms with Crippen LogP contribution in [0.3, 0.4) is 0 Å². The maximum atomic E-state index is 13.6. The van der Waals surface area contributed by atoms with Gasteiger partial charge in [0.1, 0.15) is 0 Å². The molecule has 3 aromatic carbocycles. The lowest BCUT2D eigenvalue weighted by molar-refractivity contribution is -0.118. The summed E-state index contributed by atoms with van der Waals surface area (Å²) in [5, 5.41) is 13.0. The fraction of sp³-hybridized carbons (Fsp3) is 0.259. The minimum absolute atomic E-state index is 0.0605. The maximum Gasteiger partial charge on any atom is 0.243 e. The van der Waals surface area contributed by atoms with E-state index in [9.17, 15) is 23.1 Å². The van der Waals surface area contributed by atoms with Crippen molar-refractivity contribution in [3.05, 3.63) is 88.4 Å².